The summed E-state index contributed by atoms with van der Waals surface area (Å²) in [5, 5.41) is 7.09. The van der Waals surface area contributed by atoms with Crippen molar-refractivity contribution in [2.24, 2.45) is 0 Å². The van der Waals surface area contributed by atoms with Crippen LogP contribution in [0.4, 0.5) is 11.4 Å². The Morgan fingerprint density at radius 2 is 1.64 bits per heavy atom. The second kappa shape index (κ2) is 7.51. The first-order chi connectivity index (χ1) is 12.0. The molecule has 3 aromatic rings. The molecular weight excluding hydrogens is 356 g/mol. The molecular formula is C19H15ClN2O2S. The van der Waals surface area contributed by atoms with Crippen LogP contribution in [-0.4, -0.2) is 11.8 Å². The van der Waals surface area contributed by atoms with Crippen LogP contribution >= 0.6 is 22.9 Å². The van der Waals surface area contributed by atoms with Crippen LogP contribution in [-0.2, 0) is 9.59 Å². The number of carbonyl (C=O) groups excluding carboxylic acids is 2. The van der Waals surface area contributed by atoms with E-state index in [1.807, 2.05) is 24.3 Å². The minimum atomic E-state index is -0.249. The summed E-state index contributed by atoms with van der Waals surface area (Å²) >= 11 is 7.89. The van der Waals surface area contributed by atoms with Gasteiger partial charge in [0.05, 0.1) is 5.02 Å². The van der Waals surface area contributed by atoms with Crippen molar-refractivity contribution in [2.75, 3.05) is 10.6 Å². The van der Waals surface area contributed by atoms with Crippen molar-refractivity contribution in [1.29, 1.82) is 0 Å². The number of anilines is 2. The molecule has 0 aliphatic rings. The first kappa shape index (κ1) is 17.2. The molecule has 0 spiro atoms. The molecule has 0 saturated heterocycles. The van der Waals surface area contributed by atoms with E-state index in [0.717, 1.165) is 15.0 Å². The summed E-state index contributed by atoms with van der Waals surface area (Å²) in [6, 6.07) is 14.8. The summed E-state index contributed by atoms with van der Waals surface area (Å²) in [4.78, 5) is 23.9. The predicted octanol–water partition coefficient (Wildman–Crippen LogP) is 5.17. The lowest BCUT2D eigenvalue weighted by Gasteiger charge is -2.05. The van der Waals surface area contributed by atoms with Crippen molar-refractivity contribution in [3.63, 3.8) is 0 Å². The Morgan fingerprint density at radius 1 is 1.00 bits per heavy atom. The van der Waals surface area contributed by atoms with Crippen LogP contribution < -0.4 is 10.6 Å². The van der Waals surface area contributed by atoms with E-state index in [0.29, 0.717) is 16.4 Å². The van der Waals surface area contributed by atoms with E-state index in [1.54, 1.807) is 41.7 Å². The second-order valence-electron chi connectivity index (χ2n) is 5.36. The van der Waals surface area contributed by atoms with Crippen molar-refractivity contribution in [1.82, 2.24) is 0 Å². The maximum atomic E-state index is 12.1. The third-order valence-electron chi connectivity index (χ3n) is 3.42. The van der Waals surface area contributed by atoms with Gasteiger partial charge >= 0.3 is 0 Å². The molecule has 0 atom stereocenters. The molecule has 25 heavy (non-hydrogen) atoms. The maximum Gasteiger partial charge on any atom is 0.248 e. The zero-order chi connectivity index (χ0) is 17.8. The molecule has 3 rings (SSSR count). The van der Waals surface area contributed by atoms with Crippen LogP contribution in [0, 0.1) is 0 Å². The first-order valence-electron chi connectivity index (χ1n) is 7.56. The summed E-state index contributed by atoms with van der Waals surface area (Å²) in [6.07, 6.45) is 3.17. The first-order valence-corrected chi connectivity index (χ1v) is 8.76. The molecule has 126 valence electrons. The molecule has 0 aliphatic carbocycles. The Hall–Kier alpha value is -2.63. The van der Waals surface area contributed by atoms with Gasteiger partial charge in [-0.2, -0.15) is 0 Å². The van der Waals surface area contributed by atoms with Gasteiger partial charge in [0.2, 0.25) is 11.8 Å². The van der Waals surface area contributed by atoms with Gasteiger partial charge in [-0.3, -0.25) is 9.59 Å². The van der Waals surface area contributed by atoms with E-state index in [2.05, 4.69) is 10.6 Å². The Balaban J connectivity index is 1.68. The fraction of sp³-hybridized carbons (Fsp3) is 0.0526. The molecule has 1 aromatic heterocycles. The lowest BCUT2D eigenvalue weighted by atomic mass is 10.2. The highest BCUT2D eigenvalue weighted by atomic mass is 35.5. The van der Waals surface area contributed by atoms with E-state index >= 15 is 0 Å². The molecule has 4 nitrogen and oxygen atoms in total. The van der Waals surface area contributed by atoms with Crippen LogP contribution in [0.5, 0.6) is 0 Å². The van der Waals surface area contributed by atoms with Crippen LogP contribution in [0.1, 0.15) is 11.8 Å². The number of benzene rings is 2. The molecule has 2 amide bonds. The lowest BCUT2D eigenvalue weighted by molar-refractivity contribution is -0.114. The van der Waals surface area contributed by atoms with Gasteiger partial charge in [0.25, 0.3) is 0 Å². The Kier molecular flexibility index (Phi) is 5.16. The van der Waals surface area contributed by atoms with Crippen LogP contribution in [0.3, 0.4) is 0 Å². The quantitative estimate of drug-likeness (QED) is 0.623. The van der Waals surface area contributed by atoms with Gasteiger partial charge in [-0.05, 0) is 36.4 Å². The highest BCUT2D eigenvalue weighted by Gasteiger charge is 2.07. The number of rotatable bonds is 4. The highest BCUT2D eigenvalue weighted by molar-refractivity contribution is 7.20. The maximum absolute atomic E-state index is 12.1. The Labute approximate surface area is 154 Å². The predicted molar refractivity (Wildman–Crippen MR) is 105 cm³/mol. The number of carbonyl (C=O) groups is 2. The normalized spacial score (nSPS) is 11.0. The van der Waals surface area contributed by atoms with Gasteiger partial charge in [0.1, 0.15) is 0 Å². The average Bonchev–Trinajstić information content (AvgIpc) is 2.91. The molecule has 0 aliphatic heterocycles. The number of thiophene rings is 1. The number of amides is 2. The summed E-state index contributed by atoms with van der Waals surface area (Å²) in [6.45, 7) is 1.44. The van der Waals surface area contributed by atoms with Crippen LogP contribution in [0.2, 0.25) is 5.02 Å². The van der Waals surface area contributed by atoms with Gasteiger partial charge in [0, 0.05) is 39.3 Å². The zero-order valence-electron chi connectivity index (χ0n) is 13.4. The van der Waals surface area contributed by atoms with E-state index in [4.69, 9.17) is 11.6 Å². The van der Waals surface area contributed by atoms with Crippen LogP contribution in [0.25, 0.3) is 16.2 Å². The van der Waals surface area contributed by atoms with Gasteiger partial charge < -0.3 is 10.6 Å². The Morgan fingerprint density at radius 3 is 2.28 bits per heavy atom. The minimum Gasteiger partial charge on any atom is -0.326 e. The molecule has 0 radical (unpaired) electrons. The topological polar surface area (TPSA) is 58.2 Å². The summed E-state index contributed by atoms with van der Waals surface area (Å²) in [5.41, 5.74) is 1.32. The fourth-order valence-corrected chi connectivity index (χ4v) is 3.71. The zero-order valence-corrected chi connectivity index (χ0v) is 14.9. The number of fused-ring (bicyclic) bond motifs is 1. The largest absolute Gasteiger partial charge is 0.326 e. The molecule has 0 fully saturated rings. The third kappa shape index (κ3) is 4.26. The van der Waals surface area contributed by atoms with Crippen molar-refractivity contribution in [3.05, 3.63) is 64.5 Å². The van der Waals surface area contributed by atoms with Crippen molar-refractivity contribution in [3.8, 4) is 0 Å². The number of hydrogen-bond acceptors (Lipinski definition) is 3. The van der Waals surface area contributed by atoms with Crippen molar-refractivity contribution < 1.29 is 9.59 Å². The molecule has 1 heterocycles. The molecule has 2 aromatic carbocycles. The summed E-state index contributed by atoms with van der Waals surface area (Å²) in [7, 11) is 0. The third-order valence-corrected chi connectivity index (χ3v) is 5.07. The van der Waals surface area contributed by atoms with E-state index in [-0.39, 0.29) is 11.8 Å². The highest BCUT2D eigenvalue weighted by Crippen LogP contribution is 2.35. The van der Waals surface area contributed by atoms with E-state index < -0.39 is 0 Å². The van der Waals surface area contributed by atoms with E-state index in [1.165, 1.54) is 13.0 Å². The van der Waals surface area contributed by atoms with Gasteiger partial charge in [-0.25, -0.2) is 0 Å². The summed E-state index contributed by atoms with van der Waals surface area (Å²) in [5.74, 6) is -0.388. The van der Waals surface area contributed by atoms with Gasteiger partial charge in [0.15, 0.2) is 0 Å². The molecule has 0 unspecified atom stereocenters. The average molecular weight is 371 g/mol. The van der Waals surface area contributed by atoms with Crippen molar-refractivity contribution in [2.45, 2.75) is 6.92 Å². The monoisotopic (exact) mass is 370 g/mol. The summed E-state index contributed by atoms with van der Waals surface area (Å²) < 4.78 is 1.08. The minimum absolute atomic E-state index is 0.139. The molecule has 2 N–H and O–H groups in total. The number of hydrogen-bond donors (Lipinski definition) is 2. The lowest BCUT2D eigenvalue weighted by Crippen LogP contribution is -2.08. The standard InChI is InChI=1S/C19H15ClN2O2S/c1-12(23)21-13-6-8-14(9-7-13)22-18(24)11-10-17-19(20)15-4-2-3-5-16(15)25-17/h2-11H,1H3,(H,21,23)(H,22,24). The smallest absolute Gasteiger partial charge is 0.248 e. The van der Waals surface area contributed by atoms with E-state index in [9.17, 15) is 9.59 Å². The molecule has 6 heteroatoms. The van der Waals surface area contributed by atoms with Gasteiger partial charge in [-0.15, -0.1) is 11.3 Å². The number of nitrogens with one attached hydrogen (secondary N) is 2. The van der Waals surface area contributed by atoms with Crippen molar-refractivity contribution >= 4 is 62.3 Å². The SMILES string of the molecule is CC(=O)Nc1ccc(NC(=O)C=Cc2sc3ccccc3c2Cl)cc1. The molecule has 0 saturated carbocycles. The van der Waals surface area contributed by atoms with Crippen LogP contribution in [0.15, 0.2) is 54.6 Å². The molecule has 0 bridgehead atoms. The number of halogens is 1. The fourth-order valence-electron chi connectivity index (χ4n) is 2.32. The second-order valence-corrected chi connectivity index (χ2v) is 6.82. The Bertz CT molecular complexity index is 961. The van der Waals surface area contributed by atoms with Gasteiger partial charge in [-0.1, -0.05) is 29.8 Å².